The Labute approximate surface area is 123 Å². The fourth-order valence-electron chi connectivity index (χ4n) is 1.36. The van der Waals surface area contributed by atoms with Crippen molar-refractivity contribution in [1.29, 1.82) is 0 Å². The van der Waals surface area contributed by atoms with Gasteiger partial charge >= 0.3 is 0 Å². The minimum Gasteiger partial charge on any atom is -0.347 e. The molecule has 0 aliphatic rings. The zero-order chi connectivity index (χ0) is 13.1. The van der Waals surface area contributed by atoms with Crippen molar-refractivity contribution in [2.75, 3.05) is 5.88 Å². The van der Waals surface area contributed by atoms with Crippen molar-refractivity contribution in [2.45, 2.75) is 25.8 Å². The Bertz CT molecular complexity index is 401. The van der Waals surface area contributed by atoms with Gasteiger partial charge in [-0.2, -0.15) is 0 Å². The second kappa shape index (κ2) is 6.21. The van der Waals surface area contributed by atoms with Crippen molar-refractivity contribution in [3.63, 3.8) is 0 Å². The van der Waals surface area contributed by atoms with E-state index >= 15 is 0 Å². The van der Waals surface area contributed by atoms with Gasteiger partial charge in [-0.3, -0.25) is 4.79 Å². The first-order valence-electron chi connectivity index (χ1n) is 5.18. The lowest BCUT2D eigenvalue weighted by Gasteiger charge is -2.25. The molecule has 0 saturated carbocycles. The lowest BCUT2D eigenvalue weighted by molar-refractivity contribution is 0.0911. The molecule has 1 rings (SSSR count). The van der Waals surface area contributed by atoms with E-state index in [2.05, 4.69) is 37.2 Å². The third kappa shape index (κ3) is 4.98. The van der Waals surface area contributed by atoms with Crippen molar-refractivity contribution >= 4 is 49.4 Å². The Morgan fingerprint density at radius 3 is 2.29 bits per heavy atom. The van der Waals surface area contributed by atoms with Gasteiger partial charge in [-0.25, -0.2) is 0 Å². The van der Waals surface area contributed by atoms with Gasteiger partial charge < -0.3 is 5.32 Å². The third-order valence-corrected chi connectivity index (χ3v) is 3.40. The number of benzene rings is 1. The number of hydrogen-bond donors (Lipinski definition) is 1. The van der Waals surface area contributed by atoms with Crippen LogP contribution in [-0.2, 0) is 0 Å². The molecule has 1 aromatic rings. The van der Waals surface area contributed by atoms with Gasteiger partial charge in [-0.05, 0) is 38.5 Å². The average molecular weight is 384 g/mol. The summed E-state index contributed by atoms with van der Waals surface area (Å²) in [5.41, 5.74) is 0.321. The van der Waals surface area contributed by atoms with Crippen LogP contribution in [0.25, 0.3) is 0 Å². The van der Waals surface area contributed by atoms with Crippen molar-refractivity contribution in [3.05, 3.63) is 32.7 Å². The zero-order valence-corrected chi connectivity index (χ0v) is 13.6. The molecule has 0 heterocycles. The zero-order valence-electron chi connectivity index (χ0n) is 9.69. The normalized spacial score (nSPS) is 11.4. The molecule has 2 nitrogen and oxygen atoms in total. The van der Waals surface area contributed by atoms with Gasteiger partial charge in [-0.15, -0.1) is 11.6 Å². The predicted molar refractivity (Wildman–Crippen MR) is 78.7 cm³/mol. The molecule has 0 radical (unpaired) electrons. The van der Waals surface area contributed by atoms with Crippen LogP contribution in [0.15, 0.2) is 27.1 Å². The van der Waals surface area contributed by atoms with Gasteiger partial charge in [0.15, 0.2) is 0 Å². The molecule has 0 fully saturated rings. The van der Waals surface area contributed by atoms with E-state index in [1.807, 2.05) is 19.9 Å². The van der Waals surface area contributed by atoms with Gasteiger partial charge in [-0.1, -0.05) is 31.9 Å². The number of hydrogen-bond acceptors (Lipinski definition) is 1. The molecule has 0 atom stereocenters. The molecule has 1 aromatic carbocycles. The molecular weight excluding hydrogens is 369 g/mol. The first-order chi connectivity index (χ1) is 7.84. The number of nitrogens with one attached hydrogen (secondary N) is 1. The summed E-state index contributed by atoms with van der Waals surface area (Å²) in [5.74, 6) is 0.428. The summed E-state index contributed by atoms with van der Waals surface area (Å²) in [6, 6.07) is 5.47. The summed E-state index contributed by atoms with van der Waals surface area (Å²) in [6.45, 7) is 3.92. The third-order valence-electron chi connectivity index (χ3n) is 2.30. The van der Waals surface area contributed by atoms with E-state index in [-0.39, 0.29) is 11.4 Å². The molecule has 0 aromatic heterocycles. The summed E-state index contributed by atoms with van der Waals surface area (Å²) < 4.78 is 1.74. The summed E-state index contributed by atoms with van der Waals surface area (Å²) in [7, 11) is 0. The molecule has 0 bridgehead atoms. The molecular formula is C12H14Br2ClNO. The fraction of sp³-hybridized carbons (Fsp3) is 0.417. The van der Waals surface area contributed by atoms with E-state index in [9.17, 15) is 4.79 Å². The molecule has 17 heavy (non-hydrogen) atoms. The van der Waals surface area contributed by atoms with Crippen LogP contribution in [0.2, 0.25) is 0 Å². The molecule has 0 unspecified atom stereocenters. The first kappa shape index (κ1) is 15.0. The van der Waals surface area contributed by atoms with E-state index in [0.29, 0.717) is 11.4 Å². The molecule has 0 spiro atoms. The van der Waals surface area contributed by atoms with E-state index in [1.54, 1.807) is 12.1 Å². The van der Waals surface area contributed by atoms with Gasteiger partial charge in [0.2, 0.25) is 0 Å². The van der Waals surface area contributed by atoms with Gasteiger partial charge in [0.25, 0.3) is 5.91 Å². The van der Waals surface area contributed by atoms with Crippen LogP contribution in [0.1, 0.15) is 30.6 Å². The number of carbonyl (C=O) groups excluding carboxylic acids is 1. The van der Waals surface area contributed by atoms with E-state index < -0.39 is 0 Å². The number of carbonyl (C=O) groups is 1. The van der Waals surface area contributed by atoms with Crippen LogP contribution in [0, 0.1) is 0 Å². The molecule has 1 N–H and O–H groups in total. The second-order valence-corrected chi connectivity index (χ2v) is 6.64. The minimum atomic E-state index is -0.298. The SMILES string of the molecule is CC(C)(CCCl)NC(=O)c1cc(Br)cc(Br)c1. The smallest absolute Gasteiger partial charge is 0.251 e. The average Bonchev–Trinajstić information content (AvgIpc) is 2.14. The largest absolute Gasteiger partial charge is 0.347 e. The highest BCUT2D eigenvalue weighted by molar-refractivity contribution is 9.11. The monoisotopic (exact) mass is 381 g/mol. The Morgan fingerprint density at radius 1 is 1.29 bits per heavy atom. The highest BCUT2D eigenvalue weighted by atomic mass is 79.9. The van der Waals surface area contributed by atoms with E-state index in [4.69, 9.17) is 11.6 Å². The van der Waals surface area contributed by atoms with Crippen molar-refractivity contribution in [3.8, 4) is 0 Å². The maximum Gasteiger partial charge on any atom is 0.251 e. The van der Waals surface area contributed by atoms with E-state index in [0.717, 1.165) is 15.4 Å². The Hall–Kier alpha value is -0.0600. The lowest BCUT2D eigenvalue weighted by atomic mass is 10.0. The van der Waals surface area contributed by atoms with Crippen molar-refractivity contribution in [1.82, 2.24) is 5.32 Å². The standard InChI is InChI=1S/C12H14Br2ClNO/c1-12(2,3-4-15)16-11(17)8-5-9(13)7-10(14)6-8/h5-7H,3-4H2,1-2H3,(H,16,17). The van der Waals surface area contributed by atoms with Crippen molar-refractivity contribution < 1.29 is 4.79 Å². The summed E-state index contributed by atoms with van der Waals surface area (Å²) in [6.07, 6.45) is 0.732. The maximum absolute atomic E-state index is 12.0. The summed E-state index contributed by atoms with van der Waals surface area (Å²) in [5, 5.41) is 2.96. The van der Waals surface area contributed by atoms with Gasteiger partial charge in [0, 0.05) is 25.9 Å². The Balaban J connectivity index is 2.83. The molecule has 1 amide bonds. The molecule has 0 saturated heterocycles. The van der Waals surface area contributed by atoms with E-state index in [1.165, 1.54) is 0 Å². The molecule has 0 aliphatic heterocycles. The van der Waals surface area contributed by atoms with Gasteiger partial charge in [0.05, 0.1) is 0 Å². The number of halogens is 3. The quantitative estimate of drug-likeness (QED) is 0.770. The van der Waals surface area contributed by atoms with Crippen molar-refractivity contribution in [2.24, 2.45) is 0 Å². The molecule has 5 heteroatoms. The van der Waals surface area contributed by atoms with Crippen LogP contribution >= 0.6 is 43.5 Å². The number of alkyl halides is 1. The lowest BCUT2D eigenvalue weighted by Crippen LogP contribution is -2.43. The second-order valence-electron chi connectivity index (χ2n) is 4.44. The van der Waals surface area contributed by atoms with Crippen LogP contribution in [0.5, 0.6) is 0 Å². The molecule has 94 valence electrons. The number of amides is 1. The Morgan fingerprint density at radius 2 is 1.82 bits per heavy atom. The Kier molecular flexibility index (Phi) is 5.48. The van der Waals surface area contributed by atoms with Crippen LogP contribution < -0.4 is 5.32 Å². The highest BCUT2D eigenvalue weighted by Gasteiger charge is 2.20. The maximum atomic E-state index is 12.0. The van der Waals surface area contributed by atoms with Crippen LogP contribution in [-0.4, -0.2) is 17.3 Å². The predicted octanol–water partition coefficient (Wildman–Crippen LogP) is 4.35. The van der Waals surface area contributed by atoms with Gasteiger partial charge in [0.1, 0.15) is 0 Å². The highest BCUT2D eigenvalue weighted by Crippen LogP contribution is 2.21. The minimum absolute atomic E-state index is 0.0953. The topological polar surface area (TPSA) is 29.1 Å². The van der Waals surface area contributed by atoms with Crippen LogP contribution in [0.4, 0.5) is 0 Å². The summed E-state index contributed by atoms with van der Waals surface area (Å²) >= 11 is 12.4. The fourth-order valence-corrected chi connectivity index (χ4v) is 3.13. The summed E-state index contributed by atoms with van der Waals surface area (Å²) in [4.78, 5) is 12.0. The molecule has 0 aliphatic carbocycles. The van der Waals surface area contributed by atoms with Crippen LogP contribution in [0.3, 0.4) is 0 Å². The first-order valence-corrected chi connectivity index (χ1v) is 7.31. The number of rotatable bonds is 4.